The second kappa shape index (κ2) is 5.33. The summed E-state index contributed by atoms with van der Waals surface area (Å²) in [5, 5.41) is 10.5. The topological polar surface area (TPSA) is 40.5 Å². The number of fused-ring (bicyclic) bond motifs is 5. The third kappa shape index (κ3) is 2.12. The minimum atomic E-state index is -0.0908. The van der Waals surface area contributed by atoms with Crippen LogP contribution in [0.1, 0.15) is 58.8 Å². The van der Waals surface area contributed by atoms with Crippen molar-refractivity contribution in [1.29, 1.82) is 0 Å². The van der Waals surface area contributed by atoms with Gasteiger partial charge < -0.3 is 10.0 Å². The van der Waals surface area contributed by atoms with Gasteiger partial charge >= 0.3 is 0 Å². The molecule has 3 aliphatic carbocycles. The molecule has 1 saturated heterocycles. The average molecular weight is 431 g/mol. The van der Waals surface area contributed by atoms with Crippen LogP contribution in [0.2, 0.25) is 0 Å². The van der Waals surface area contributed by atoms with Gasteiger partial charge in [0.15, 0.2) is 0 Å². The number of carbonyl (C=O) groups excluding carboxylic acids is 1. The number of aliphatic hydroxyl groups excluding tert-OH is 1. The Kier molecular flexibility index (Phi) is 3.85. The van der Waals surface area contributed by atoms with E-state index in [1.807, 2.05) is 7.05 Å². The number of nitrogens with zero attached hydrogens (tertiary/aromatic N) is 1. The molecular formula is C19H30INO2. The molecule has 1 heterocycles. The van der Waals surface area contributed by atoms with Gasteiger partial charge in [0.25, 0.3) is 0 Å². The number of hydrogen-bond acceptors (Lipinski definition) is 2. The molecule has 0 spiro atoms. The van der Waals surface area contributed by atoms with Gasteiger partial charge in [0.1, 0.15) is 0 Å². The Morgan fingerprint density at radius 1 is 1.09 bits per heavy atom. The summed E-state index contributed by atoms with van der Waals surface area (Å²) in [4.78, 5) is 14.5. The highest BCUT2D eigenvalue weighted by Crippen LogP contribution is 2.64. The van der Waals surface area contributed by atoms with Crippen LogP contribution in [-0.2, 0) is 4.79 Å². The molecule has 0 aromatic carbocycles. The third-order valence-corrected chi connectivity index (χ3v) is 9.44. The zero-order valence-corrected chi connectivity index (χ0v) is 16.8. The monoisotopic (exact) mass is 431 g/mol. The summed E-state index contributed by atoms with van der Waals surface area (Å²) in [6.45, 7) is 4.81. The zero-order chi connectivity index (χ0) is 16.6. The molecule has 0 bridgehead atoms. The van der Waals surface area contributed by atoms with Gasteiger partial charge in [-0.3, -0.25) is 4.79 Å². The molecule has 4 heteroatoms. The van der Waals surface area contributed by atoms with Gasteiger partial charge in [0.05, 0.1) is 10.0 Å². The summed E-state index contributed by atoms with van der Waals surface area (Å²) in [6.07, 6.45) is 7.99. The van der Waals surface area contributed by atoms with Crippen LogP contribution in [0.25, 0.3) is 0 Å². The van der Waals surface area contributed by atoms with Crippen molar-refractivity contribution in [2.24, 2.45) is 28.6 Å². The van der Waals surface area contributed by atoms with Crippen LogP contribution in [0.4, 0.5) is 0 Å². The van der Waals surface area contributed by atoms with Crippen LogP contribution in [-0.4, -0.2) is 39.0 Å². The Morgan fingerprint density at radius 3 is 2.52 bits per heavy atom. The van der Waals surface area contributed by atoms with Gasteiger partial charge in [0, 0.05) is 13.1 Å². The molecular weight excluding hydrogens is 401 g/mol. The van der Waals surface area contributed by atoms with E-state index >= 15 is 0 Å². The number of halogens is 1. The molecule has 4 fully saturated rings. The fourth-order valence-corrected chi connectivity index (χ4v) is 8.57. The van der Waals surface area contributed by atoms with Crippen LogP contribution in [0.15, 0.2) is 0 Å². The Hall–Kier alpha value is 0.160. The van der Waals surface area contributed by atoms with Crippen molar-refractivity contribution in [3.8, 4) is 0 Å². The van der Waals surface area contributed by atoms with Crippen LogP contribution in [0.3, 0.4) is 0 Å². The first-order chi connectivity index (χ1) is 10.8. The SMILES string of the molecule is CN1C(=O)[C@H](I)C[C@]2(C)[C@H]3CC[C@]4(C)[C@@H](O)CC[C@H]4[C@@H]3CC[C@@H]12. The highest BCUT2D eigenvalue weighted by molar-refractivity contribution is 14.1. The Morgan fingerprint density at radius 2 is 1.78 bits per heavy atom. The van der Waals surface area contributed by atoms with Crippen molar-refractivity contribution >= 4 is 28.5 Å². The molecule has 23 heavy (non-hydrogen) atoms. The van der Waals surface area contributed by atoms with Crippen molar-refractivity contribution in [3.05, 3.63) is 0 Å². The van der Waals surface area contributed by atoms with E-state index < -0.39 is 0 Å². The Labute approximate surface area is 153 Å². The van der Waals surface area contributed by atoms with Crippen LogP contribution in [0.5, 0.6) is 0 Å². The summed E-state index contributed by atoms with van der Waals surface area (Å²) in [6, 6.07) is 0.429. The fraction of sp³-hybridized carbons (Fsp3) is 0.947. The molecule has 0 aromatic rings. The van der Waals surface area contributed by atoms with Gasteiger partial charge in [-0.05, 0) is 73.5 Å². The number of likely N-dealkylation sites (tertiary alicyclic amines) is 1. The van der Waals surface area contributed by atoms with Gasteiger partial charge in [-0.25, -0.2) is 0 Å². The van der Waals surface area contributed by atoms with Gasteiger partial charge in [-0.2, -0.15) is 0 Å². The normalized spacial score (nSPS) is 56.0. The lowest BCUT2D eigenvalue weighted by atomic mass is 9.47. The minimum absolute atomic E-state index is 0.0908. The summed E-state index contributed by atoms with van der Waals surface area (Å²) in [5.41, 5.74) is 0.427. The van der Waals surface area contributed by atoms with Crippen molar-refractivity contribution in [1.82, 2.24) is 4.90 Å². The molecule has 8 atom stereocenters. The average Bonchev–Trinajstić information content (AvgIpc) is 2.80. The van der Waals surface area contributed by atoms with E-state index in [4.69, 9.17) is 0 Å². The second-order valence-corrected chi connectivity index (χ2v) is 10.7. The predicted molar refractivity (Wildman–Crippen MR) is 99.4 cm³/mol. The van der Waals surface area contributed by atoms with E-state index in [1.54, 1.807) is 0 Å². The van der Waals surface area contributed by atoms with Crippen molar-refractivity contribution in [2.75, 3.05) is 7.05 Å². The lowest BCUT2D eigenvalue weighted by Gasteiger charge is -2.62. The number of aliphatic hydroxyl groups is 1. The maximum absolute atomic E-state index is 12.4. The molecule has 3 saturated carbocycles. The first-order valence-corrected chi connectivity index (χ1v) is 10.6. The van der Waals surface area contributed by atoms with Crippen molar-refractivity contribution in [2.45, 2.75) is 74.9 Å². The maximum atomic E-state index is 12.4. The first-order valence-electron chi connectivity index (χ1n) is 9.38. The van der Waals surface area contributed by atoms with Crippen molar-refractivity contribution in [3.63, 3.8) is 0 Å². The number of alkyl halides is 1. The predicted octanol–water partition coefficient (Wildman–Crippen LogP) is 3.62. The maximum Gasteiger partial charge on any atom is 0.235 e. The lowest BCUT2D eigenvalue weighted by molar-refractivity contribution is -0.157. The number of amides is 1. The summed E-state index contributed by atoms with van der Waals surface area (Å²) < 4.78 is 0.139. The molecule has 1 amide bonds. The van der Waals surface area contributed by atoms with E-state index in [2.05, 4.69) is 41.3 Å². The second-order valence-electron chi connectivity index (χ2n) is 9.23. The fourth-order valence-electron chi connectivity index (χ4n) is 7.18. The molecule has 1 N–H and O–H groups in total. The summed E-state index contributed by atoms with van der Waals surface area (Å²) in [5.74, 6) is 2.53. The first kappa shape index (κ1) is 16.6. The molecule has 130 valence electrons. The Balaban J connectivity index is 1.67. The largest absolute Gasteiger partial charge is 0.393 e. The van der Waals surface area contributed by atoms with E-state index in [0.717, 1.165) is 31.1 Å². The van der Waals surface area contributed by atoms with Gasteiger partial charge in [-0.1, -0.05) is 36.4 Å². The standard InChI is InChI=1S/C19H30INO2/c1-18-9-8-13-11(12(18)5-7-16(18)22)4-6-15-19(13,2)10-14(20)17(23)21(15)3/h11-16,22H,4-10H2,1-3H3/t11-,12-,13-,14+,15+,16-,18-,19+/m0/s1. The molecule has 1 aliphatic heterocycles. The molecule has 0 unspecified atom stereocenters. The number of carbonyl (C=O) groups is 1. The minimum Gasteiger partial charge on any atom is -0.393 e. The molecule has 4 aliphatic rings. The van der Waals surface area contributed by atoms with Crippen LogP contribution >= 0.6 is 22.6 Å². The summed E-state index contributed by atoms with van der Waals surface area (Å²) >= 11 is 2.37. The number of piperidine rings is 1. The van der Waals surface area contributed by atoms with E-state index in [0.29, 0.717) is 17.9 Å². The number of hydrogen-bond donors (Lipinski definition) is 1. The quantitative estimate of drug-likeness (QED) is 0.470. The summed E-state index contributed by atoms with van der Waals surface area (Å²) in [7, 11) is 2.03. The van der Waals surface area contributed by atoms with Crippen LogP contribution in [0, 0.1) is 28.6 Å². The number of rotatable bonds is 0. The van der Waals surface area contributed by atoms with E-state index in [9.17, 15) is 9.90 Å². The highest BCUT2D eigenvalue weighted by atomic mass is 127. The van der Waals surface area contributed by atoms with E-state index in [1.165, 1.54) is 25.7 Å². The Bertz CT molecular complexity index is 525. The highest BCUT2D eigenvalue weighted by Gasteiger charge is 2.61. The molecule has 3 nitrogen and oxygen atoms in total. The smallest absolute Gasteiger partial charge is 0.235 e. The van der Waals surface area contributed by atoms with Gasteiger partial charge in [0.2, 0.25) is 5.91 Å². The third-order valence-electron chi connectivity index (χ3n) is 8.47. The van der Waals surface area contributed by atoms with E-state index in [-0.39, 0.29) is 20.9 Å². The molecule has 0 radical (unpaired) electrons. The lowest BCUT2D eigenvalue weighted by Crippen LogP contribution is -2.63. The van der Waals surface area contributed by atoms with Crippen LogP contribution < -0.4 is 0 Å². The zero-order valence-electron chi connectivity index (χ0n) is 14.6. The van der Waals surface area contributed by atoms with Gasteiger partial charge in [-0.15, -0.1) is 0 Å². The molecule has 0 aromatic heterocycles. The van der Waals surface area contributed by atoms with Crippen molar-refractivity contribution < 1.29 is 9.90 Å². The molecule has 4 rings (SSSR count).